The summed E-state index contributed by atoms with van der Waals surface area (Å²) < 4.78 is 2.49. The van der Waals surface area contributed by atoms with E-state index in [1.807, 2.05) is 0 Å². The lowest BCUT2D eigenvalue weighted by Crippen LogP contribution is -2.15. The van der Waals surface area contributed by atoms with Crippen LogP contribution < -0.4 is 0 Å². The van der Waals surface area contributed by atoms with Crippen molar-refractivity contribution in [2.24, 2.45) is 0 Å². The van der Waals surface area contributed by atoms with Gasteiger partial charge in [0.15, 0.2) is 0 Å². The van der Waals surface area contributed by atoms with Crippen LogP contribution in [0.15, 0.2) is 115 Å². The fourth-order valence-corrected chi connectivity index (χ4v) is 7.49. The number of hydrogen-bond acceptors (Lipinski definition) is 0. The van der Waals surface area contributed by atoms with E-state index in [4.69, 9.17) is 0 Å². The van der Waals surface area contributed by atoms with Crippen molar-refractivity contribution >= 4 is 32.6 Å². The van der Waals surface area contributed by atoms with Crippen LogP contribution in [0.25, 0.3) is 60.5 Å². The molecule has 6 aromatic carbocycles. The van der Waals surface area contributed by atoms with Gasteiger partial charge in [-0.2, -0.15) is 0 Å². The Morgan fingerprint density at radius 2 is 1.23 bits per heavy atom. The van der Waals surface area contributed by atoms with Crippen LogP contribution in [0.4, 0.5) is 0 Å². The molecule has 2 aliphatic carbocycles. The summed E-state index contributed by atoms with van der Waals surface area (Å²) in [6.45, 7) is 4.81. The van der Waals surface area contributed by atoms with E-state index in [0.29, 0.717) is 0 Å². The molecule has 9 rings (SSSR count). The normalized spacial score (nSPS) is 14.5. The van der Waals surface area contributed by atoms with Gasteiger partial charge in [-0.05, 0) is 86.6 Å². The van der Waals surface area contributed by atoms with Crippen molar-refractivity contribution in [3.8, 4) is 27.9 Å². The van der Waals surface area contributed by atoms with Gasteiger partial charge in [0.1, 0.15) is 0 Å². The standard InChI is InChI=1S/C38H27N/c1-38(2)33-19-25-18-24-11-4-5-13-26(24)29(25)20-30(33)31-21-32-28-15-7-8-16-36(28)39(37(32)22-34(31)38)35-17-9-12-23-10-3-6-14-27(23)35/h3-17,19-22H,18H2,1-2H3. The number of rotatable bonds is 1. The second-order valence-corrected chi connectivity index (χ2v) is 11.8. The minimum Gasteiger partial charge on any atom is -0.309 e. The fraction of sp³-hybridized carbons (Fsp3) is 0.105. The lowest BCUT2D eigenvalue weighted by molar-refractivity contribution is 0.660. The van der Waals surface area contributed by atoms with Crippen LogP contribution in [0, 0.1) is 0 Å². The third-order valence-corrected chi connectivity index (χ3v) is 9.39. The number of fused-ring (bicyclic) bond motifs is 10. The summed E-state index contributed by atoms with van der Waals surface area (Å²) in [5.41, 5.74) is 15.1. The molecule has 0 amide bonds. The summed E-state index contributed by atoms with van der Waals surface area (Å²) in [6, 6.07) is 43.2. The Labute approximate surface area is 228 Å². The van der Waals surface area contributed by atoms with Gasteiger partial charge in [-0.1, -0.05) is 98.8 Å². The Bertz CT molecular complexity index is 2170. The van der Waals surface area contributed by atoms with Gasteiger partial charge < -0.3 is 4.57 Å². The lowest BCUT2D eigenvalue weighted by Gasteiger charge is -2.22. The van der Waals surface area contributed by atoms with Gasteiger partial charge in [0.2, 0.25) is 0 Å². The van der Waals surface area contributed by atoms with E-state index >= 15 is 0 Å². The second-order valence-electron chi connectivity index (χ2n) is 11.8. The van der Waals surface area contributed by atoms with Gasteiger partial charge >= 0.3 is 0 Å². The van der Waals surface area contributed by atoms with E-state index in [1.54, 1.807) is 0 Å². The predicted molar refractivity (Wildman–Crippen MR) is 164 cm³/mol. The minimum absolute atomic E-state index is 0.0668. The molecule has 2 aliphatic rings. The molecule has 0 aliphatic heterocycles. The molecular weight excluding hydrogens is 470 g/mol. The quantitative estimate of drug-likeness (QED) is 0.213. The predicted octanol–water partition coefficient (Wildman–Crippen LogP) is 9.81. The van der Waals surface area contributed by atoms with Crippen LogP contribution in [0.5, 0.6) is 0 Å². The monoisotopic (exact) mass is 497 g/mol. The summed E-state index contributed by atoms with van der Waals surface area (Å²) in [5.74, 6) is 0. The van der Waals surface area contributed by atoms with Crippen molar-refractivity contribution in [1.82, 2.24) is 4.57 Å². The van der Waals surface area contributed by atoms with Crippen molar-refractivity contribution in [2.45, 2.75) is 25.7 Å². The Balaban J connectivity index is 1.37. The van der Waals surface area contributed by atoms with Crippen LogP contribution in [-0.4, -0.2) is 4.57 Å². The van der Waals surface area contributed by atoms with Gasteiger partial charge in [-0.3, -0.25) is 0 Å². The van der Waals surface area contributed by atoms with Gasteiger partial charge in [0.05, 0.1) is 16.7 Å². The first kappa shape index (κ1) is 21.3. The summed E-state index contributed by atoms with van der Waals surface area (Å²) >= 11 is 0. The molecule has 0 saturated heterocycles. The van der Waals surface area contributed by atoms with Crippen molar-refractivity contribution in [3.05, 3.63) is 138 Å². The van der Waals surface area contributed by atoms with Gasteiger partial charge in [-0.15, -0.1) is 0 Å². The average Bonchev–Trinajstić information content (AvgIpc) is 3.56. The van der Waals surface area contributed by atoms with Crippen molar-refractivity contribution in [1.29, 1.82) is 0 Å². The van der Waals surface area contributed by atoms with Crippen molar-refractivity contribution < 1.29 is 0 Å². The number of para-hydroxylation sites is 1. The highest BCUT2D eigenvalue weighted by atomic mass is 15.0. The smallest absolute Gasteiger partial charge is 0.0544 e. The molecule has 184 valence electrons. The maximum Gasteiger partial charge on any atom is 0.0544 e. The van der Waals surface area contributed by atoms with Crippen LogP contribution in [0.1, 0.15) is 36.1 Å². The number of benzene rings is 6. The zero-order valence-corrected chi connectivity index (χ0v) is 22.1. The van der Waals surface area contributed by atoms with Gasteiger partial charge in [-0.25, -0.2) is 0 Å². The third kappa shape index (κ3) is 2.70. The van der Waals surface area contributed by atoms with Crippen molar-refractivity contribution in [2.75, 3.05) is 0 Å². The first-order valence-corrected chi connectivity index (χ1v) is 13.9. The third-order valence-electron chi connectivity index (χ3n) is 9.39. The minimum atomic E-state index is -0.0668. The topological polar surface area (TPSA) is 4.93 Å². The number of hydrogen-bond donors (Lipinski definition) is 0. The first-order valence-electron chi connectivity index (χ1n) is 13.9. The lowest BCUT2D eigenvalue weighted by atomic mass is 9.81. The van der Waals surface area contributed by atoms with Gasteiger partial charge in [0, 0.05) is 21.6 Å². The van der Waals surface area contributed by atoms with Crippen LogP contribution in [0.3, 0.4) is 0 Å². The van der Waals surface area contributed by atoms with E-state index in [0.717, 1.165) is 6.42 Å². The molecule has 0 saturated carbocycles. The fourth-order valence-electron chi connectivity index (χ4n) is 7.49. The molecule has 1 nitrogen and oxygen atoms in total. The Morgan fingerprint density at radius 3 is 2.15 bits per heavy atom. The Kier molecular flexibility index (Phi) is 3.98. The summed E-state index contributed by atoms with van der Waals surface area (Å²) in [6.07, 6.45) is 1.03. The maximum absolute atomic E-state index is 2.51. The van der Waals surface area contributed by atoms with Crippen LogP contribution in [-0.2, 0) is 11.8 Å². The average molecular weight is 498 g/mol. The van der Waals surface area contributed by atoms with Crippen LogP contribution >= 0.6 is 0 Å². The number of nitrogens with zero attached hydrogens (tertiary/aromatic N) is 1. The summed E-state index contributed by atoms with van der Waals surface area (Å²) in [7, 11) is 0. The number of aromatic nitrogens is 1. The summed E-state index contributed by atoms with van der Waals surface area (Å²) in [4.78, 5) is 0. The Morgan fingerprint density at radius 1 is 0.513 bits per heavy atom. The van der Waals surface area contributed by atoms with E-state index in [1.165, 1.54) is 82.8 Å². The SMILES string of the molecule is CC1(C)c2cc3c(cc2-c2cc4c5ccccc5n(-c5cccc6ccccc56)c4cc21)-c1ccccc1C3. The highest BCUT2D eigenvalue weighted by Crippen LogP contribution is 2.54. The van der Waals surface area contributed by atoms with E-state index < -0.39 is 0 Å². The largest absolute Gasteiger partial charge is 0.309 e. The molecule has 0 spiro atoms. The maximum atomic E-state index is 2.51. The molecule has 39 heavy (non-hydrogen) atoms. The van der Waals surface area contributed by atoms with E-state index in [-0.39, 0.29) is 5.41 Å². The van der Waals surface area contributed by atoms with Gasteiger partial charge in [0.25, 0.3) is 0 Å². The second kappa shape index (κ2) is 7.27. The molecule has 0 fully saturated rings. The Hall–Kier alpha value is -4.62. The molecule has 0 radical (unpaired) electrons. The van der Waals surface area contributed by atoms with Crippen molar-refractivity contribution in [3.63, 3.8) is 0 Å². The van der Waals surface area contributed by atoms with Crippen LogP contribution in [0.2, 0.25) is 0 Å². The van der Waals surface area contributed by atoms with E-state index in [2.05, 4.69) is 134 Å². The molecule has 1 heteroatoms. The highest BCUT2D eigenvalue weighted by molar-refractivity contribution is 6.13. The van der Waals surface area contributed by atoms with E-state index in [9.17, 15) is 0 Å². The molecule has 1 aromatic heterocycles. The summed E-state index contributed by atoms with van der Waals surface area (Å²) in [5, 5.41) is 5.17. The molecular formula is C38H27N. The highest BCUT2D eigenvalue weighted by Gasteiger charge is 2.38. The molecule has 0 atom stereocenters. The molecule has 0 N–H and O–H groups in total. The molecule has 1 heterocycles. The molecule has 0 unspecified atom stereocenters. The first-order chi connectivity index (χ1) is 19.1. The zero-order valence-electron chi connectivity index (χ0n) is 22.1. The zero-order chi connectivity index (χ0) is 25.9. The molecule has 7 aromatic rings. The molecule has 0 bridgehead atoms.